The molecule has 128 valence electrons. The van der Waals surface area contributed by atoms with Gasteiger partial charge in [0.05, 0.1) is 6.54 Å². The number of imide groups is 1. The van der Waals surface area contributed by atoms with Crippen molar-refractivity contribution in [2.45, 2.75) is 6.54 Å². The van der Waals surface area contributed by atoms with Crippen molar-refractivity contribution in [2.24, 2.45) is 0 Å². The highest BCUT2D eigenvalue weighted by Crippen LogP contribution is 2.12. The van der Waals surface area contributed by atoms with Crippen LogP contribution < -0.4 is 0 Å². The van der Waals surface area contributed by atoms with Crippen molar-refractivity contribution in [3.05, 3.63) is 114 Å². The molecule has 2 amide bonds. The van der Waals surface area contributed by atoms with E-state index < -0.39 is 0 Å². The summed E-state index contributed by atoms with van der Waals surface area (Å²) in [5.74, 6) is -0.649. The fraction of sp³-hybridized carbons (Fsp3) is 0.0435. The zero-order chi connectivity index (χ0) is 18.2. The van der Waals surface area contributed by atoms with Crippen LogP contribution in [0.4, 0.5) is 0 Å². The molecule has 0 atom stereocenters. The van der Waals surface area contributed by atoms with Crippen LogP contribution in [0.5, 0.6) is 0 Å². The van der Waals surface area contributed by atoms with E-state index in [1.807, 2.05) is 66.7 Å². The number of benzene rings is 3. The van der Waals surface area contributed by atoms with Gasteiger partial charge in [-0.25, -0.2) is 0 Å². The minimum atomic E-state index is -0.341. The van der Waals surface area contributed by atoms with Crippen molar-refractivity contribution in [1.82, 2.24) is 4.90 Å². The minimum absolute atomic E-state index is 0.229. The fourth-order valence-corrected chi connectivity index (χ4v) is 2.57. The maximum Gasteiger partial charge on any atom is 0.261 e. The van der Waals surface area contributed by atoms with Gasteiger partial charge < -0.3 is 0 Å². The molecule has 0 aliphatic heterocycles. The third kappa shape index (κ3) is 4.54. The van der Waals surface area contributed by atoms with E-state index in [-0.39, 0.29) is 18.4 Å². The Morgan fingerprint density at radius 3 is 1.88 bits per heavy atom. The Kier molecular flexibility index (Phi) is 5.73. The van der Waals surface area contributed by atoms with Gasteiger partial charge in [0.15, 0.2) is 0 Å². The molecule has 0 saturated heterocycles. The number of hydrogen-bond donors (Lipinski definition) is 0. The van der Waals surface area contributed by atoms with Crippen LogP contribution in [0.2, 0.25) is 0 Å². The Morgan fingerprint density at radius 1 is 0.731 bits per heavy atom. The minimum Gasteiger partial charge on any atom is -0.270 e. The van der Waals surface area contributed by atoms with E-state index in [0.717, 1.165) is 11.1 Å². The molecule has 3 aromatic carbocycles. The molecule has 3 nitrogen and oxygen atoms in total. The smallest absolute Gasteiger partial charge is 0.261 e. The topological polar surface area (TPSA) is 37.4 Å². The van der Waals surface area contributed by atoms with E-state index in [1.54, 1.807) is 30.3 Å². The molecule has 0 aliphatic rings. The first-order valence-corrected chi connectivity index (χ1v) is 8.42. The summed E-state index contributed by atoms with van der Waals surface area (Å²) in [6.07, 6.45) is 3.16. The lowest BCUT2D eigenvalue weighted by atomic mass is 10.1. The predicted octanol–water partition coefficient (Wildman–Crippen LogP) is 4.57. The molecule has 3 aromatic rings. The molecule has 0 aromatic heterocycles. The molecular weight excluding hydrogens is 322 g/mol. The molecule has 0 fully saturated rings. The molecule has 0 unspecified atom stereocenters. The first-order chi connectivity index (χ1) is 12.7. The van der Waals surface area contributed by atoms with Gasteiger partial charge in [-0.1, -0.05) is 78.9 Å². The van der Waals surface area contributed by atoms with E-state index in [1.165, 1.54) is 11.0 Å². The second-order valence-corrected chi connectivity index (χ2v) is 5.83. The lowest BCUT2D eigenvalue weighted by molar-refractivity contribution is -0.124. The highest BCUT2D eigenvalue weighted by atomic mass is 16.2. The molecule has 0 heterocycles. The van der Waals surface area contributed by atoms with E-state index >= 15 is 0 Å². The maximum absolute atomic E-state index is 12.9. The predicted molar refractivity (Wildman–Crippen MR) is 103 cm³/mol. The standard InChI is InChI=1S/C23H19NO2/c25-22(17-16-19-10-4-1-5-11-19)24(18-20-12-6-2-7-13-20)23(26)21-14-8-3-9-15-21/h1-17H,18H2. The molecule has 3 heteroatoms. The SMILES string of the molecule is O=C(C=Cc1ccccc1)N(Cc1ccccc1)C(=O)c1ccccc1. The van der Waals surface area contributed by atoms with Crippen LogP contribution in [0, 0.1) is 0 Å². The molecule has 0 bridgehead atoms. The van der Waals surface area contributed by atoms with Gasteiger partial charge in [0.2, 0.25) is 0 Å². The monoisotopic (exact) mass is 341 g/mol. The lowest BCUT2D eigenvalue weighted by Gasteiger charge is -2.19. The number of rotatable bonds is 5. The van der Waals surface area contributed by atoms with Crippen LogP contribution in [0.15, 0.2) is 97.1 Å². The highest BCUT2D eigenvalue weighted by molar-refractivity contribution is 6.09. The van der Waals surface area contributed by atoms with Crippen LogP contribution in [0.25, 0.3) is 6.08 Å². The van der Waals surface area contributed by atoms with Gasteiger partial charge in [-0.05, 0) is 29.3 Å². The Labute approximate surface area is 153 Å². The van der Waals surface area contributed by atoms with Crippen molar-refractivity contribution in [3.8, 4) is 0 Å². The van der Waals surface area contributed by atoms with Crippen molar-refractivity contribution in [3.63, 3.8) is 0 Å². The Bertz CT molecular complexity index is 887. The van der Waals surface area contributed by atoms with Crippen molar-refractivity contribution in [2.75, 3.05) is 0 Å². The Morgan fingerprint density at radius 2 is 1.27 bits per heavy atom. The van der Waals surface area contributed by atoms with Gasteiger partial charge in [0.1, 0.15) is 0 Å². The van der Waals surface area contributed by atoms with Crippen molar-refractivity contribution < 1.29 is 9.59 Å². The number of carbonyl (C=O) groups is 2. The summed E-state index contributed by atoms with van der Waals surface area (Å²) in [5.41, 5.74) is 2.30. The van der Waals surface area contributed by atoms with E-state index in [2.05, 4.69) is 0 Å². The number of carbonyl (C=O) groups excluding carboxylic acids is 2. The van der Waals surface area contributed by atoms with Gasteiger partial charge in [-0.15, -0.1) is 0 Å². The van der Waals surface area contributed by atoms with Crippen LogP contribution in [-0.2, 0) is 11.3 Å². The van der Waals surface area contributed by atoms with Gasteiger partial charge in [-0.2, -0.15) is 0 Å². The summed E-state index contributed by atoms with van der Waals surface area (Å²) < 4.78 is 0. The molecule has 0 N–H and O–H groups in total. The van der Waals surface area contributed by atoms with Crippen LogP contribution >= 0.6 is 0 Å². The normalized spacial score (nSPS) is 10.6. The summed E-state index contributed by atoms with van der Waals surface area (Å²) in [7, 11) is 0. The van der Waals surface area contributed by atoms with Gasteiger partial charge in [0.25, 0.3) is 11.8 Å². The quantitative estimate of drug-likeness (QED) is 0.638. The summed E-state index contributed by atoms with van der Waals surface area (Å²) >= 11 is 0. The number of hydrogen-bond acceptors (Lipinski definition) is 2. The summed E-state index contributed by atoms with van der Waals surface area (Å²) in [4.78, 5) is 26.9. The fourth-order valence-electron chi connectivity index (χ4n) is 2.57. The lowest BCUT2D eigenvalue weighted by Crippen LogP contribution is -2.35. The zero-order valence-corrected chi connectivity index (χ0v) is 14.3. The largest absolute Gasteiger partial charge is 0.270 e. The average molecular weight is 341 g/mol. The summed E-state index contributed by atoms with van der Waals surface area (Å²) in [6, 6.07) is 27.9. The third-order valence-electron chi connectivity index (χ3n) is 3.93. The molecule has 26 heavy (non-hydrogen) atoms. The average Bonchev–Trinajstić information content (AvgIpc) is 2.72. The number of nitrogens with zero attached hydrogens (tertiary/aromatic N) is 1. The van der Waals surface area contributed by atoms with E-state index in [0.29, 0.717) is 5.56 Å². The van der Waals surface area contributed by atoms with Crippen LogP contribution in [0.1, 0.15) is 21.5 Å². The van der Waals surface area contributed by atoms with Crippen molar-refractivity contribution >= 4 is 17.9 Å². The second-order valence-electron chi connectivity index (χ2n) is 5.83. The molecule has 0 saturated carbocycles. The second kappa shape index (κ2) is 8.58. The van der Waals surface area contributed by atoms with Gasteiger partial charge in [-0.3, -0.25) is 14.5 Å². The highest BCUT2D eigenvalue weighted by Gasteiger charge is 2.21. The van der Waals surface area contributed by atoms with Gasteiger partial charge >= 0.3 is 0 Å². The molecule has 0 spiro atoms. The first kappa shape index (κ1) is 17.4. The molecule has 0 radical (unpaired) electrons. The first-order valence-electron chi connectivity index (χ1n) is 8.42. The molecular formula is C23H19NO2. The number of amides is 2. The van der Waals surface area contributed by atoms with E-state index in [9.17, 15) is 9.59 Å². The van der Waals surface area contributed by atoms with Gasteiger partial charge in [0, 0.05) is 11.6 Å². The van der Waals surface area contributed by atoms with Crippen LogP contribution in [-0.4, -0.2) is 16.7 Å². The van der Waals surface area contributed by atoms with E-state index in [4.69, 9.17) is 0 Å². The maximum atomic E-state index is 12.9. The molecule has 3 rings (SSSR count). The van der Waals surface area contributed by atoms with Crippen LogP contribution in [0.3, 0.4) is 0 Å². The Balaban J connectivity index is 1.85. The summed E-state index contributed by atoms with van der Waals surface area (Å²) in [5, 5.41) is 0. The Hall–Kier alpha value is -3.46. The zero-order valence-electron chi connectivity index (χ0n) is 14.3. The molecule has 0 aliphatic carbocycles. The van der Waals surface area contributed by atoms with Crippen molar-refractivity contribution in [1.29, 1.82) is 0 Å². The summed E-state index contributed by atoms with van der Waals surface area (Å²) in [6.45, 7) is 0.229. The third-order valence-corrected chi connectivity index (χ3v) is 3.93.